The van der Waals surface area contributed by atoms with Gasteiger partial charge in [0, 0.05) is 12.5 Å². The predicted molar refractivity (Wildman–Crippen MR) is 74.0 cm³/mol. The lowest BCUT2D eigenvalue weighted by Gasteiger charge is -2.16. The van der Waals surface area contributed by atoms with Crippen molar-refractivity contribution in [2.24, 2.45) is 5.73 Å². The topological polar surface area (TPSA) is 67.1 Å². The van der Waals surface area contributed by atoms with E-state index in [9.17, 15) is 9.18 Å². The Kier molecular flexibility index (Phi) is 5.51. The molecule has 1 aromatic carbocycles. The van der Waals surface area contributed by atoms with Gasteiger partial charge in [-0.1, -0.05) is 31.3 Å². The summed E-state index contributed by atoms with van der Waals surface area (Å²) in [6.07, 6.45) is 1.12. The van der Waals surface area contributed by atoms with Crippen LogP contribution in [0.1, 0.15) is 19.8 Å². The van der Waals surface area contributed by atoms with E-state index < -0.39 is 11.8 Å². The highest BCUT2D eigenvalue weighted by molar-refractivity contribution is 7.80. The van der Waals surface area contributed by atoms with Gasteiger partial charge >= 0.3 is 6.03 Å². The highest BCUT2D eigenvalue weighted by Gasteiger charge is 2.12. The van der Waals surface area contributed by atoms with Crippen LogP contribution in [0.5, 0.6) is 0 Å². The maximum Gasteiger partial charge on any atom is 0.319 e. The van der Waals surface area contributed by atoms with Crippen molar-refractivity contribution in [2.45, 2.75) is 25.8 Å². The number of para-hydroxylation sites is 1. The van der Waals surface area contributed by atoms with Crippen molar-refractivity contribution >= 4 is 28.9 Å². The summed E-state index contributed by atoms with van der Waals surface area (Å²) in [5, 5.41) is 5.13. The van der Waals surface area contributed by atoms with E-state index in [1.54, 1.807) is 12.1 Å². The van der Waals surface area contributed by atoms with Crippen LogP contribution in [0.15, 0.2) is 24.3 Å². The van der Waals surface area contributed by atoms with Crippen molar-refractivity contribution in [3.8, 4) is 0 Å². The number of hydrogen-bond acceptors (Lipinski definition) is 2. The molecule has 1 atom stereocenters. The fourth-order valence-electron chi connectivity index (χ4n) is 1.45. The summed E-state index contributed by atoms with van der Waals surface area (Å²) in [4.78, 5) is 12.0. The average molecular weight is 269 g/mol. The van der Waals surface area contributed by atoms with Gasteiger partial charge in [-0.25, -0.2) is 9.18 Å². The Bertz CT molecular complexity index is 439. The van der Waals surface area contributed by atoms with Gasteiger partial charge in [0.25, 0.3) is 0 Å². The Morgan fingerprint density at radius 2 is 2.17 bits per heavy atom. The SMILES string of the molecule is CCC(CC(N)=S)NC(=O)Nc1ccccc1F. The highest BCUT2D eigenvalue weighted by atomic mass is 32.1. The number of thiocarbonyl (C=S) groups is 1. The fraction of sp³-hybridized carbons (Fsp3) is 0.333. The molecule has 4 nitrogen and oxygen atoms in total. The van der Waals surface area contributed by atoms with Crippen LogP contribution in [-0.2, 0) is 0 Å². The number of nitrogens with one attached hydrogen (secondary N) is 2. The zero-order chi connectivity index (χ0) is 13.5. The fourth-order valence-corrected chi connectivity index (χ4v) is 1.65. The molecule has 18 heavy (non-hydrogen) atoms. The van der Waals surface area contributed by atoms with E-state index in [0.29, 0.717) is 17.8 Å². The maximum absolute atomic E-state index is 13.3. The van der Waals surface area contributed by atoms with Gasteiger partial charge in [-0.15, -0.1) is 0 Å². The molecule has 0 radical (unpaired) electrons. The number of hydrogen-bond donors (Lipinski definition) is 3. The van der Waals surface area contributed by atoms with Gasteiger partial charge in [0.15, 0.2) is 0 Å². The third-order valence-electron chi connectivity index (χ3n) is 2.40. The van der Waals surface area contributed by atoms with Crippen LogP contribution in [0.25, 0.3) is 0 Å². The minimum absolute atomic E-state index is 0.139. The van der Waals surface area contributed by atoms with Crippen LogP contribution in [0.2, 0.25) is 0 Å². The molecule has 1 rings (SSSR count). The van der Waals surface area contributed by atoms with Crippen LogP contribution in [0.3, 0.4) is 0 Å². The van der Waals surface area contributed by atoms with Gasteiger partial charge < -0.3 is 16.4 Å². The normalized spacial score (nSPS) is 11.7. The van der Waals surface area contributed by atoms with Crippen molar-refractivity contribution in [3.63, 3.8) is 0 Å². The second-order valence-electron chi connectivity index (χ2n) is 3.85. The molecule has 6 heteroatoms. The number of amides is 2. The summed E-state index contributed by atoms with van der Waals surface area (Å²) >= 11 is 4.79. The minimum atomic E-state index is -0.477. The first kappa shape index (κ1) is 14.4. The largest absolute Gasteiger partial charge is 0.393 e. The molecular formula is C12H16FN3OS. The van der Waals surface area contributed by atoms with E-state index in [1.165, 1.54) is 12.1 Å². The van der Waals surface area contributed by atoms with Crippen molar-refractivity contribution in [3.05, 3.63) is 30.1 Å². The number of rotatable bonds is 5. The molecule has 0 aliphatic heterocycles. The van der Waals surface area contributed by atoms with Gasteiger partial charge in [-0.3, -0.25) is 0 Å². The van der Waals surface area contributed by atoms with Gasteiger partial charge in [0.2, 0.25) is 0 Å². The molecule has 1 aromatic rings. The van der Waals surface area contributed by atoms with Crippen LogP contribution in [-0.4, -0.2) is 17.1 Å². The van der Waals surface area contributed by atoms with Gasteiger partial charge in [-0.2, -0.15) is 0 Å². The molecule has 1 unspecified atom stereocenters. The molecule has 98 valence electrons. The quantitative estimate of drug-likeness (QED) is 0.719. The van der Waals surface area contributed by atoms with E-state index in [4.69, 9.17) is 18.0 Å². The number of carbonyl (C=O) groups excluding carboxylic acids is 1. The van der Waals surface area contributed by atoms with Crippen molar-refractivity contribution < 1.29 is 9.18 Å². The number of halogens is 1. The third kappa shape index (κ3) is 4.67. The Balaban J connectivity index is 2.55. The molecule has 0 aliphatic carbocycles. The van der Waals surface area contributed by atoms with Crippen LogP contribution in [0.4, 0.5) is 14.9 Å². The van der Waals surface area contributed by atoms with E-state index in [0.717, 1.165) is 0 Å². The summed E-state index contributed by atoms with van der Waals surface area (Å²) in [6, 6.07) is 5.36. The minimum Gasteiger partial charge on any atom is -0.393 e. The Morgan fingerprint density at radius 3 is 2.72 bits per heavy atom. The summed E-state index contributed by atoms with van der Waals surface area (Å²) in [5.74, 6) is -0.477. The molecule has 0 fully saturated rings. The van der Waals surface area contributed by atoms with Crippen LogP contribution < -0.4 is 16.4 Å². The lowest BCUT2D eigenvalue weighted by atomic mass is 10.1. The highest BCUT2D eigenvalue weighted by Crippen LogP contribution is 2.12. The van der Waals surface area contributed by atoms with Gasteiger partial charge in [0.05, 0.1) is 10.7 Å². The number of benzene rings is 1. The number of carbonyl (C=O) groups is 1. The molecular weight excluding hydrogens is 253 g/mol. The van der Waals surface area contributed by atoms with E-state index >= 15 is 0 Å². The summed E-state index contributed by atoms with van der Waals surface area (Å²) in [7, 11) is 0. The molecule has 0 heterocycles. The molecule has 0 spiro atoms. The standard InChI is InChI=1S/C12H16FN3OS/c1-2-8(7-11(14)18)15-12(17)16-10-6-4-3-5-9(10)13/h3-6,8H,2,7H2,1H3,(H2,14,18)(H2,15,16,17). The average Bonchev–Trinajstić information content (AvgIpc) is 2.30. The van der Waals surface area contributed by atoms with Crippen LogP contribution in [0, 0.1) is 5.82 Å². The summed E-state index contributed by atoms with van der Waals surface area (Å²) in [6.45, 7) is 1.91. The van der Waals surface area contributed by atoms with E-state index in [2.05, 4.69) is 10.6 Å². The predicted octanol–water partition coefficient (Wildman–Crippen LogP) is 2.40. The summed E-state index contributed by atoms with van der Waals surface area (Å²) < 4.78 is 13.3. The van der Waals surface area contributed by atoms with Gasteiger partial charge in [0.1, 0.15) is 5.82 Å². The second kappa shape index (κ2) is 6.90. The molecule has 0 bridgehead atoms. The lowest BCUT2D eigenvalue weighted by molar-refractivity contribution is 0.248. The second-order valence-corrected chi connectivity index (χ2v) is 4.38. The molecule has 4 N–H and O–H groups in total. The molecule has 0 saturated carbocycles. The third-order valence-corrected chi connectivity index (χ3v) is 2.56. The number of anilines is 1. The molecule has 2 amide bonds. The maximum atomic E-state index is 13.3. The van der Waals surface area contributed by atoms with Crippen LogP contribution >= 0.6 is 12.2 Å². The van der Waals surface area contributed by atoms with Crippen molar-refractivity contribution in [1.29, 1.82) is 0 Å². The molecule has 0 aliphatic rings. The first-order chi connectivity index (χ1) is 8.52. The van der Waals surface area contributed by atoms with Crippen molar-refractivity contribution in [2.75, 3.05) is 5.32 Å². The zero-order valence-corrected chi connectivity index (χ0v) is 10.9. The number of urea groups is 1. The molecule has 0 saturated heterocycles. The van der Waals surface area contributed by atoms with E-state index in [-0.39, 0.29) is 11.7 Å². The zero-order valence-electron chi connectivity index (χ0n) is 10.1. The van der Waals surface area contributed by atoms with Gasteiger partial charge in [-0.05, 0) is 18.6 Å². The Labute approximate surface area is 111 Å². The first-order valence-electron chi connectivity index (χ1n) is 5.63. The smallest absolute Gasteiger partial charge is 0.319 e. The monoisotopic (exact) mass is 269 g/mol. The molecule has 0 aromatic heterocycles. The first-order valence-corrected chi connectivity index (χ1v) is 6.04. The van der Waals surface area contributed by atoms with E-state index in [1.807, 2.05) is 6.92 Å². The lowest BCUT2D eigenvalue weighted by Crippen LogP contribution is -2.39. The summed E-state index contributed by atoms with van der Waals surface area (Å²) in [5.41, 5.74) is 5.56. The number of nitrogens with two attached hydrogens (primary N) is 1. The van der Waals surface area contributed by atoms with Crippen molar-refractivity contribution in [1.82, 2.24) is 5.32 Å². The Morgan fingerprint density at radius 1 is 1.50 bits per heavy atom. The Hall–Kier alpha value is -1.69.